The Bertz CT molecular complexity index is 639. The Morgan fingerprint density at radius 1 is 1.29 bits per heavy atom. The zero-order chi connectivity index (χ0) is 15.2. The van der Waals surface area contributed by atoms with Crippen LogP contribution in [0.25, 0.3) is 0 Å². The second kappa shape index (κ2) is 6.82. The van der Waals surface area contributed by atoms with Gasteiger partial charge in [0.25, 0.3) is 5.91 Å². The van der Waals surface area contributed by atoms with Crippen LogP contribution < -0.4 is 16.4 Å². The van der Waals surface area contributed by atoms with Gasteiger partial charge in [0, 0.05) is 17.6 Å². The molecule has 0 fully saturated rings. The summed E-state index contributed by atoms with van der Waals surface area (Å²) < 4.78 is 0. The number of carbonyl (C=O) groups excluding carboxylic acids is 2. The fourth-order valence-corrected chi connectivity index (χ4v) is 2.24. The van der Waals surface area contributed by atoms with Crippen molar-refractivity contribution < 1.29 is 14.7 Å². The lowest BCUT2D eigenvalue weighted by atomic mass is 10.2. The Hall–Kier alpha value is -2.45. The van der Waals surface area contributed by atoms with Crippen LogP contribution in [0, 0.1) is 0 Å². The number of aliphatic hydroxyl groups excluding tert-OH is 1. The van der Waals surface area contributed by atoms with Gasteiger partial charge in [0.1, 0.15) is 10.7 Å². The van der Waals surface area contributed by atoms with Crippen LogP contribution in [0.4, 0.5) is 10.5 Å². The Kier molecular flexibility index (Phi) is 4.85. The molecule has 2 rings (SSSR count). The highest BCUT2D eigenvalue weighted by Gasteiger charge is 2.09. The van der Waals surface area contributed by atoms with Gasteiger partial charge in [-0.15, -0.1) is 11.3 Å². The third kappa shape index (κ3) is 4.26. The number of nitrogens with zero attached hydrogens (tertiary/aromatic N) is 1. The average Bonchev–Trinajstić information content (AvgIpc) is 2.94. The van der Waals surface area contributed by atoms with Crippen LogP contribution in [-0.4, -0.2) is 22.0 Å². The summed E-state index contributed by atoms with van der Waals surface area (Å²) in [6.45, 7) is 0.161. The van der Waals surface area contributed by atoms with Crippen molar-refractivity contribution >= 4 is 29.0 Å². The van der Waals surface area contributed by atoms with Crippen LogP contribution in [0.5, 0.6) is 0 Å². The number of benzene rings is 1. The molecule has 0 unspecified atom stereocenters. The van der Waals surface area contributed by atoms with Gasteiger partial charge in [0.15, 0.2) is 0 Å². The molecule has 3 amide bonds. The lowest BCUT2D eigenvalue weighted by molar-refractivity contribution is 0.0946. The van der Waals surface area contributed by atoms with Crippen molar-refractivity contribution in [2.45, 2.75) is 13.2 Å². The SMILES string of the molecule is NC(=O)Nc1ccc(CNC(=O)c2csc(CO)n2)cc1. The van der Waals surface area contributed by atoms with E-state index in [9.17, 15) is 9.59 Å². The van der Waals surface area contributed by atoms with Gasteiger partial charge in [-0.1, -0.05) is 12.1 Å². The Morgan fingerprint density at radius 3 is 2.57 bits per heavy atom. The van der Waals surface area contributed by atoms with Crippen LogP contribution in [0.15, 0.2) is 29.6 Å². The highest BCUT2D eigenvalue weighted by atomic mass is 32.1. The number of anilines is 1. The summed E-state index contributed by atoms with van der Waals surface area (Å²) in [7, 11) is 0. The number of rotatable bonds is 5. The first kappa shape index (κ1) is 14.9. The van der Waals surface area contributed by atoms with Gasteiger partial charge in [0.2, 0.25) is 0 Å². The van der Waals surface area contributed by atoms with Crippen molar-refractivity contribution in [3.63, 3.8) is 0 Å². The number of carbonyl (C=O) groups is 2. The molecule has 0 aliphatic heterocycles. The summed E-state index contributed by atoms with van der Waals surface area (Å²) in [5.74, 6) is -0.301. The molecule has 0 saturated heterocycles. The Morgan fingerprint density at radius 2 is 2.00 bits per heavy atom. The molecule has 0 radical (unpaired) electrons. The third-order valence-electron chi connectivity index (χ3n) is 2.59. The number of hydrogen-bond acceptors (Lipinski definition) is 5. The maximum atomic E-state index is 11.8. The molecule has 110 valence electrons. The van der Waals surface area contributed by atoms with Crippen molar-refractivity contribution in [1.82, 2.24) is 10.3 Å². The molecule has 7 nitrogen and oxygen atoms in total. The first-order valence-electron chi connectivity index (χ1n) is 6.07. The number of amides is 3. The van der Waals surface area contributed by atoms with E-state index in [-0.39, 0.29) is 18.2 Å². The molecule has 21 heavy (non-hydrogen) atoms. The van der Waals surface area contributed by atoms with E-state index in [0.717, 1.165) is 5.56 Å². The number of nitrogens with two attached hydrogens (primary N) is 1. The van der Waals surface area contributed by atoms with Crippen LogP contribution in [-0.2, 0) is 13.2 Å². The molecule has 8 heteroatoms. The summed E-state index contributed by atoms with van der Waals surface area (Å²) in [5.41, 5.74) is 6.75. The predicted molar refractivity (Wildman–Crippen MR) is 78.9 cm³/mol. The topological polar surface area (TPSA) is 117 Å². The molecule has 1 heterocycles. The van der Waals surface area contributed by atoms with Crippen LogP contribution in [0.3, 0.4) is 0 Å². The van der Waals surface area contributed by atoms with E-state index >= 15 is 0 Å². The van der Waals surface area contributed by atoms with Crippen LogP contribution in [0.2, 0.25) is 0 Å². The maximum absolute atomic E-state index is 11.8. The molecule has 0 bridgehead atoms. The van der Waals surface area contributed by atoms with Gasteiger partial charge in [-0.25, -0.2) is 9.78 Å². The lowest BCUT2D eigenvalue weighted by Gasteiger charge is -2.05. The Balaban J connectivity index is 1.90. The first-order chi connectivity index (χ1) is 10.1. The van der Waals surface area contributed by atoms with Gasteiger partial charge in [-0.3, -0.25) is 4.79 Å². The second-order valence-electron chi connectivity index (χ2n) is 4.15. The summed E-state index contributed by atoms with van der Waals surface area (Å²) in [5, 5.41) is 16.2. The maximum Gasteiger partial charge on any atom is 0.316 e. The van der Waals surface area contributed by atoms with Crippen LogP contribution >= 0.6 is 11.3 Å². The molecule has 0 spiro atoms. The largest absolute Gasteiger partial charge is 0.389 e. The van der Waals surface area contributed by atoms with Crippen molar-refractivity contribution in [3.05, 3.63) is 45.9 Å². The normalized spacial score (nSPS) is 10.1. The lowest BCUT2D eigenvalue weighted by Crippen LogP contribution is -2.23. The summed E-state index contributed by atoms with van der Waals surface area (Å²) >= 11 is 1.23. The van der Waals surface area contributed by atoms with E-state index in [1.807, 2.05) is 0 Å². The van der Waals surface area contributed by atoms with Gasteiger partial charge >= 0.3 is 6.03 Å². The minimum atomic E-state index is -0.626. The van der Waals surface area contributed by atoms with E-state index in [2.05, 4.69) is 15.6 Å². The molecular formula is C13H14N4O3S. The van der Waals surface area contributed by atoms with E-state index < -0.39 is 6.03 Å². The van der Waals surface area contributed by atoms with Crippen molar-refractivity contribution in [2.24, 2.45) is 5.73 Å². The number of primary amides is 1. The number of aromatic nitrogens is 1. The molecule has 1 aromatic carbocycles. The van der Waals surface area contributed by atoms with E-state index in [0.29, 0.717) is 17.2 Å². The number of nitrogens with one attached hydrogen (secondary N) is 2. The smallest absolute Gasteiger partial charge is 0.316 e. The van der Waals surface area contributed by atoms with Gasteiger partial charge < -0.3 is 21.5 Å². The van der Waals surface area contributed by atoms with E-state index in [1.165, 1.54) is 11.3 Å². The Labute approximate surface area is 124 Å². The minimum absolute atomic E-state index is 0.174. The molecule has 1 aromatic heterocycles. The van der Waals surface area contributed by atoms with E-state index in [1.54, 1.807) is 29.6 Å². The highest BCUT2D eigenvalue weighted by Crippen LogP contribution is 2.11. The molecule has 0 aliphatic carbocycles. The minimum Gasteiger partial charge on any atom is -0.389 e. The zero-order valence-corrected chi connectivity index (χ0v) is 11.8. The average molecular weight is 306 g/mol. The zero-order valence-electron chi connectivity index (χ0n) is 11.0. The molecule has 0 saturated carbocycles. The van der Waals surface area contributed by atoms with Gasteiger partial charge in [-0.05, 0) is 17.7 Å². The molecule has 0 atom stereocenters. The van der Waals surface area contributed by atoms with Crippen LogP contribution in [0.1, 0.15) is 21.1 Å². The number of hydrogen-bond donors (Lipinski definition) is 4. The molecule has 0 aliphatic rings. The van der Waals surface area contributed by atoms with E-state index in [4.69, 9.17) is 10.8 Å². The first-order valence-corrected chi connectivity index (χ1v) is 6.95. The second-order valence-corrected chi connectivity index (χ2v) is 5.10. The predicted octanol–water partition coefficient (Wildman–Crippen LogP) is 1.06. The third-order valence-corrected chi connectivity index (χ3v) is 3.43. The fourth-order valence-electron chi connectivity index (χ4n) is 1.61. The molecule has 2 aromatic rings. The summed E-state index contributed by atoms with van der Waals surface area (Å²) in [6.07, 6.45) is 0. The number of urea groups is 1. The van der Waals surface area contributed by atoms with Gasteiger partial charge in [-0.2, -0.15) is 0 Å². The van der Waals surface area contributed by atoms with Crippen molar-refractivity contribution in [1.29, 1.82) is 0 Å². The molecular weight excluding hydrogens is 292 g/mol. The fraction of sp³-hybridized carbons (Fsp3) is 0.154. The molecule has 5 N–H and O–H groups in total. The standard InChI is InChI=1S/C13H14N4O3S/c14-13(20)16-9-3-1-8(2-4-9)5-15-12(19)10-7-21-11(6-18)17-10/h1-4,7,18H,5-6H2,(H,15,19)(H3,14,16,20). The van der Waals surface area contributed by atoms with Crippen molar-refractivity contribution in [3.8, 4) is 0 Å². The number of thiazole rings is 1. The summed E-state index contributed by atoms with van der Waals surface area (Å²) in [6, 6.07) is 6.30. The summed E-state index contributed by atoms with van der Waals surface area (Å²) in [4.78, 5) is 26.5. The monoisotopic (exact) mass is 306 g/mol. The highest BCUT2D eigenvalue weighted by molar-refractivity contribution is 7.09. The number of aliphatic hydroxyl groups is 1. The van der Waals surface area contributed by atoms with Crippen molar-refractivity contribution in [2.75, 3.05) is 5.32 Å². The quantitative estimate of drug-likeness (QED) is 0.660. The van der Waals surface area contributed by atoms with Gasteiger partial charge in [0.05, 0.1) is 6.61 Å².